The fourth-order valence-corrected chi connectivity index (χ4v) is 4.26. The molecular weight excluding hydrogens is 236 g/mol. The van der Waals surface area contributed by atoms with Crippen LogP contribution < -0.4 is 5.32 Å². The van der Waals surface area contributed by atoms with E-state index in [1.165, 1.54) is 30.9 Å². The van der Waals surface area contributed by atoms with Gasteiger partial charge in [-0.2, -0.15) is 11.8 Å². The van der Waals surface area contributed by atoms with Gasteiger partial charge in [-0.1, -0.05) is 18.2 Å². The number of nitrogens with zero attached hydrogens (tertiary/aromatic N) is 1. The lowest BCUT2D eigenvalue weighted by molar-refractivity contribution is 0.451. The Bertz CT molecular complexity index is 276. The molecule has 0 radical (unpaired) electrons. The zero-order valence-corrected chi connectivity index (χ0v) is 12.1. The fourth-order valence-electron chi connectivity index (χ4n) is 2.30. The summed E-state index contributed by atoms with van der Waals surface area (Å²) in [6, 6.07) is 0.565. The van der Waals surface area contributed by atoms with Crippen LogP contribution in [-0.2, 0) is 0 Å². The lowest BCUT2D eigenvalue weighted by atomic mass is 9.95. The second kappa shape index (κ2) is 5.21. The van der Waals surface area contributed by atoms with Gasteiger partial charge in [0.1, 0.15) is 0 Å². The van der Waals surface area contributed by atoms with Gasteiger partial charge in [0, 0.05) is 16.5 Å². The van der Waals surface area contributed by atoms with Gasteiger partial charge in [-0.3, -0.25) is 4.99 Å². The van der Waals surface area contributed by atoms with E-state index >= 15 is 0 Å². The summed E-state index contributed by atoms with van der Waals surface area (Å²) in [6.45, 7) is 4.49. The lowest BCUT2D eigenvalue weighted by Crippen LogP contribution is -2.37. The van der Waals surface area contributed by atoms with Crippen LogP contribution in [0, 0.1) is 0 Å². The van der Waals surface area contributed by atoms with Crippen molar-refractivity contribution in [2.24, 2.45) is 4.99 Å². The van der Waals surface area contributed by atoms with Crippen molar-refractivity contribution in [2.45, 2.75) is 56.4 Å². The number of amidine groups is 1. The van der Waals surface area contributed by atoms with Crippen molar-refractivity contribution in [1.82, 2.24) is 5.32 Å². The van der Waals surface area contributed by atoms with Crippen LogP contribution in [0.15, 0.2) is 4.99 Å². The summed E-state index contributed by atoms with van der Waals surface area (Å²) in [5.41, 5.74) is 0.233. The Morgan fingerprint density at radius 2 is 2.25 bits per heavy atom. The van der Waals surface area contributed by atoms with Crippen LogP contribution in [0.5, 0.6) is 0 Å². The van der Waals surface area contributed by atoms with Gasteiger partial charge >= 0.3 is 0 Å². The minimum Gasteiger partial charge on any atom is -0.359 e. The summed E-state index contributed by atoms with van der Waals surface area (Å²) in [7, 11) is 0. The smallest absolute Gasteiger partial charge is 0.157 e. The summed E-state index contributed by atoms with van der Waals surface area (Å²) in [5, 5.41) is 5.53. The Kier molecular flexibility index (Phi) is 4.11. The normalized spacial score (nSPS) is 36.3. The number of rotatable bonds is 2. The van der Waals surface area contributed by atoms with Crippen molar-refractivity contribution in [3.05, 3.63) is 0 Å². The van der Waals surface area contributed by atoms with Crippen molar-refractivity contribution >= 4 is 28.7 Å². The molecule has 2 unspecified atom stereocenters. The van der Waals surface area contributed by atoms with Gasteiger partial charge in [0.25, 0.3) is 0 Å². The van der Waals surface area contributed by atoms with Crippen LogP contribution in [0.2, 0.25) is 0 Å². The predicted molar refractivity (Wildman–Crippen MR) is 76.7 cm³/mol. The number of hydrogen-bond acceptors (Lipinski definition) is 3. The monoisotopic (exact) mass is 258 g/mol. The highest BCUT2D eigenvalue weighted by molar-refractivity contribution is 8.14. The first-order valence-electron chi connectivity index (χ1n) is 6.11. The molecule has 2 rings (SSSR count). The third-order valence-corrected chi connectivity index (χ3v) is 5.69. The molecule has 1 saturated carbocycles. The Labute approximate surface area is 107 Å². The highest BCUT2D eigenvalue weighted by Gasteiger charge is 2.29. The fraction of sp³-hybridized carbons (Fsp3) is 0.917. The molecule has 92 valence electrons. The predicted octanol–water partition coefficient (Wildman–Crippen LogP) is 3.13. The van der Waals surface area contributed by atoms with E-state index in [2.05, 4.69) is 25.4 Å². The summed E-state index contributed by atoms with van der Waals surface area (Å²) >= 11 is 3.89. The van der Waals surface area contributed by atoms with E-state index in [-0.39, 0.29) is 5.54 Å². The average Bonchev–Trinajstić information content (AvgIpc) is 2.58. The molecule has 4 heteroatoms. The molecule has 0 aromatic carbocycles. The van der Waals surface area contributed by atoms with Gasteiger partial charge in [-0.25, -0.2) is 0 Å². The maximum absolute atomic E-state index is 4.88. The molecule has 0 aromatic rings. The molecule has 1 heterocycles. The largest absolute Gasteiger partial charge is 0.359 e. The van der Waals surface area contributed by atoms with Crippen molar-refractivity contribution < 1.29 is 0 Å². The molecule has 0 aromatic heterocycles. The van der Waals surface area contributed by atoms with Gasteiger partial charge < -0.3 is 5.32 Å². The second-order valence-electron chi connectivity index (χ2n) is 5.41. The number of aliphatic imine (C=N–C) groups is 1. The topological polar surface area (TPSA) is 24.4 Å². The van der Waals surface area contributed by atoms with Crippen molar-refractivity contribution in [3.63, 3.8) is 0 Å². The van der Waals surface area contributed by atoms with E-state index < -0.39 is 0 Å². The Hall–Kier alpha value is 0.170. The summed E-state index contributed by atoms with van der Waals surface area (Å²) in [5.74, 6) is 1.14. The first kappa shape index (κ1) is 12.6. The van der Waals surface area contributed by atoms with Crippen LogP contribution in [-0.4, -0.2) is 34.0 Å². The number of nitrogens with one attached hydrogen (secondary N) is 1. The molecule has 1 aliphatic carbocycles. The molecule has 2 aliphatic rings. The molecule has 2 nitrogen and oxygen atoms in total. The maximum atomic E-state index is 4.88. The van der Waals surface area contributed by atoms with Crippen molar-refractivity contribution in [2.75, 3.05) is 12.0 Å². The minimum atomic E-state index is 0.233. The zero-order chi connectivity index (χ0) is 11.6. The maximum Gasteiger partial charge on any atom is 0.157 e. The summed E-state index contributed by atoms with van der Waals surface area (Å²) in [6.07, 6.45) is 7.51. The Balaban J connectivity index is 1.91. The van der Waals surface area contributed by atoms with E-state index in [0.717, 1.165) is 11.0 Å². The van der Waals surface area contributed by atoms with Crippen LogP contribution in [0.4, 0.5) is 0 Å². The van der Waals surface area contributed by atoms with Gasteiger partial charge in [0.2, 0.25) is 0 Å². The SMILES string of the molecule is CSC1CCCC(N=C2NC(C)(C)CS2)C1. The summed E-state index contributed by atoms with van der Waals surface area (Å²) in [4.78, 5) is 4.88. The number of hydrogen-bond donors (Lipinski definition) is 1. The van der Waals surface area contributed by atoms with Crippen LogP contribution >= 0.6 is 23.5 Å². The Morgan fingerprint density at radius 3 is 2.88 bits per heavy atom. The molecule has 2 atom stereocenters. The molecule has 0 amide bonds. The molecule has 1 saturated heterocycles. The molecule has 0 bridgehead atoms. The number of thioether (sulfide) groups is 2. The van der Waals surface area contributed by atoms with Crippen LogP contribution in [0.1, 0.15) is 39.5 Å². The lowest BCUT2D eigenvalue weighted by Gasteiger charge is -2.25. The summed E-state index contributed by atoms with van der Waals surface area (Å²) < 4.78 is 0. The molecule has 1 N–H and O–H groups in total. The molecule has 0 spiro atoms. The molecular formula is C12H22N2S2. The van der Waals surface area contributed by atoms with Crippen LogP contribution in [0.3, 0.4) is 0 Å². The van der Waals surface area contributed by atoms with Crippen molar-refractivity contribution in [1.29, 1.82) is 0 Å². The van der Waals surface area contributed by atoms with E-state index in [1.807, 2.05) is 23.5 Å². The third kappa shape index (κ3) is 3.33. The van der Waals surface area contributed by atoms with Gasteiger partial charge in [0.15, 0.2) is 5.17 Å². The van der Waals surface area contributed by atoms with E-state index in [0.29, 0.717) is 6.04 Å². The first-order valence-corrected chi connectivity index (χ1v) is 8.38. The van der Waals surface area contributed by atoms with E-state index in [1.54, 1.807) is 0 Å². The zero-order valence-electron chi connectivity index (χ0n) is 10.5. The van der Waals surface area contributed by atoms with Gasteiger partial charge in [0.05, 0.1) is 6.04 Å². The Morgan fingerprint density at radius 1 is 1.44 bits per heavy atom. The quantitative estimate of drug-likeness (QED) is 0.823. The standard InChI is InChI=1S/C12H22N2S2/c1-12(2)8-16-11(14-12)13-9-5-4-6-10(7-9)15-3/h9-10H,4-8H2,1-3H3,(H,13,14). The van der Waals surface area contributed by atoms with Crippen molar-refractivity contribution in [3.8, 4) is 0 Å². The van der Waals surface area contributed by atoms with Gasteiger partial charge in [-0.05, 0) is 39.4 Å². The highest BCUT2D eigenvalue weighted by atomic mass is 32.2. The van der Waals surface area contributed by atoms with E-state index in [4.69, 9.17) is 4.99 Å². The molecule has 2 fully saturated rings. The third-order valence-electron chi connectivity index (χ3n) is 3.25. The first-order chi connectivity index (χ1) is 7.59. The minimum absolute atomic E-state index is 0.233. The molecule has 1 aliphatic heterocycles. The highest BCUT2D eigenvalue weighted by Crippen LogP contribution is 2.30. The van der Waals surface area contributed by atoms with E-state index in [9.17, 15) is 0 Å². The average molecular weight is 258 g/mol. The van der Waals surface area contributed by atoms with Gasteiger partial charge in [-0.15, -0.1) is 0 Å². The second-order valence-corrected chi connectivity index (χ2v) is 7.51. The molecule has 16 heavy (non-hydrogen) atoms. The van der Waals surface area contributed by atoms with Crippen LogP contribution in [0.25, 0.3) is 0 Å².